The summed E-state index contributed by atoms with van der Waals surface area (Å²) in [6.45, 7) is 5.39. The first-order chi connectivity index (χ1) is 12.0. The highest BCUT2D eigenvalue weighted by Crippen LogP contribution is 2.45. The van der Waals surface area contributed by atoms with Crippen molar-refractivity contribution >= 4 is 11.8 Å². The smallest absolute Gasteiger partial charge is 0.276 e. The van der Waals surface area contributed by atoms with Crippen LogP contribution >= 0.6 is 0 Å². The normalized spacial score (nSPS) is 25.3. The van der Waals surface area contributed by atoms with Gasteiger partial charge in [-0.15, -0.1) is 0 Å². The maximum Gasteiger partial charge on any atom is 0.276 e. The third-order valence-electron chi connectivity index (χ3n) is 5.34. The van der Waals surface area contributed by atoms with Crippen molar-refractivity contribution in [3.05, 3.63) is 53.4 Å². The SMILES string of the molecule is CC(=O)N1C[C@H]2CN(C(=O)c3cc(C)on3)C[C@H]2[C@@H]1c1ccccc1. The van der Waals surface area contributed by atoms with E-state index in [1.165, 1.54) is 0 Å². The van der Waals surface area contributed by atoms with E-state index >= 15 is 0 Å². The van der Waals surface area contributed by atoms with Gasteiger partial charge in [-0.1, -0.05) is 35.5 Å². The lowest BCUT2D eigenvalue weighted by Crippen LogP contribution is -2.36. The number of carbonyl (C=O) groups is 2. The Hall–Kier alpha value is -2.63. The maximum atomic E-state index is 12.7. The minimum atomic E-state index is -0.0903. The van der Waals surface area contributed by atoms with Crippen molar-refractivity contribution in [1.82, 2.24) is 15.0 Å². The Balaban J connectivity index is 1.58. The van der Waals surface area contributed by atoms with Gasteiger partial charge in [0.25, 0.3) is 5.91 Å². The Bertz CT molecular complexity index is 801. The molecular weight excluding hydrogens is 318 g/mol. The Morgan fingerprint density at radius 3 is 2.56 bits per heavy atom. The van der Waals surface area contributed by atoms with Crippen LogP contribution in [0.15, 0.2) is 40.9 Å². The second kappa shape index (κ2) is 6.02. The molecule has 6 heteroatoms. The van der Waals surface area contributed by atoms with E-state index in [2.05, 4.69) is 17.3 Å². The molecule has 3 heterocycles. The zero-order chi connectivity index (χ0) is 17.6. The molecule has 2 saturated heterocycles. The number of rotatable bonds is 2. The molecular formula is C19H21N3O3. The molecule has 2 aliphatic heterocycles. The maximum absolute atomic E-state index is 12.7. The topological polar surface area (TPSA) is 66.7 Å². The zero-order valence-electron chi connectivity index (χ0n) is 14.4. The van der Waals surface area contributed by atoms with Gasteiger partial charge < -0.3 is 14.3 Å². The van der Waals surface area contributed by atoms with Gasteiger partial charge in [0.05, 0.1) is 6.04 Å². The van der Waals surface area contributed by atoms with Crippen molar-refractivity contribution in [2.45, 2.75) is 19.9 Å². The van der Waals surface area contributed by atoms with Gasteiger partial charge in [-0.2, -0.15) is 0 Å². The Morgan fingerprint density at radius 2 is 1.92 bits per heavy atom. The molecule has 0 N–H and O–H groups in total. The molecule has 0 spiro atoms. The Morgan fingerprint density at radius 1 is 1.16 bits per heavy atom. The first-order valence-electron chi connectivity index (χ1n) is 8.59. The van der Waals surface area contributed by atoms with Gasteiger partial charge in [0, 0.05) is 44.5 Å². The van der Waals surface area contributed by atoms with Crippen LogP contribution in [0.4, 0.5) is 0 Å². The van der Waals surface area contributed by atoms with Gasteiger partial charge >= 0.3 is 0 Å². The summed E-state index contributed by atoms with van der Waals surface area (Å²) >= 11 is 0. The molecule has 2 fully saturated rings. The van der Waals surface area contributed by atoms with Gasteiger partial charge in [-0.3, -0.25) is 9.59 Å². The quantitative estimate of drug-likeness (QED) is 0.842. The molecule has 25 heavy (non-hydrogen) atoms. The van der Waals surface area contributed by atoms with Crippen molar-refractivity contribution in [2.75, 3.05) is 19.6 Å². The van der Waals surface area contributed by atoms with Gasteiger partial charge in [-0.05, 0) is 12.5 Å². The number of amides is 2. The Kier molecular flexibility index (Phi) is 3.82. The van der Waals surface area contributed by atoms with Crippen molar-refractivity contribution in [1.29, 1.82) is 0 Å². The van der Waals surface area contributed by atoms with E-state index in [1.807, 2.05) is 28.0 Å². The van der Waals surface area contributed by atoms with Crippen LogP contribution < -0.4 is 0 Å². The second-order valence-corrected chi connectivity index (χ2v) is 6.98. The molecule has 1 aromatic heterocycles. The second-order valence-electron chi connectivity index (χ2n) is 6.98. The van der Waals surface area contributed by atoms with Crippen LogP contribution in [0.3, 0.4) is 0 Å². The van der Waals surface area contributed by atoms with E-state index in [4.69, 9.17) is 4.52 Å². The van der Waals surface area contributed by atoms with Crippen LogP contribution in [0.2, 0.25) is 0 Å². The number of hydrogen-bond acceptors (Lipinski definition) is 4. The predicted molar refractivity (Wildman–Crippen MR) is 90.7 cm³/mol. The molecule has 0 bridgehead atoms. The molecule has 130 valence electrons. The summed E-state index contributed by atoms with van der Waals surface area (Å²) in [7, 11) is 0. The summed E-state index contributed by atoms with van der Waals surface area (Å²) in [6, 6.07) is 11.8. The van der Waals surface area contributed by atoms with Crippen LogP contribution in [0, 0.1) is 18.8 Å². The summed E-state index contributed by atoms with van der Waals surface area (Å²) < 4.78 is 5.03. The molecule has 0 aliphatic carbocycles. The lowest BCUT2D eigenvalue weighted by atomic mass is 9.89. The lowest BCUT2D eigenvalue weighted by molar-refractivity contribution is -0.130. The highest BCUT2D eigenvalue weighted by atomic mass is 16.5. The fourth-order valence-electron chi connectivity index (χ4n) is 4.24. The molecule has 3 atom stereocenters. The number of fused-ring (bicyclic) bond motifs is 1. The van der Waals surface area contributed by atoms with Crippen molar-refractivity contribution in [2.24, 2.45) is 11.8 Å². The summed E-state index contributed by atoms with van der Waals surface area (Å²) in [5, 5.41) is 3.84. The summed E-state index contributed by atoms with van der Waals surface area (Å²) in [6.07, 6.45) is 0. The molecule has 1 aromatic carbocycles. The van der Waals surface area contributed by atoms with Crippen molar-refractivity contribution in [3.63, 3.8) is 0 Å². The molecule has 0 radical (unpaired) electrons. The van der Waals surface area contributed by atoms with Crippen LogP contribution in [-0.2, 0) is 4.79 Å². The fourth-order valence-corrected chi connectivity index (χ4v) is 4.24. The number of carbonyl (C=O) groups excluding carboxylic acids is 2. The van der Waals surface area contributed by atoms with E-state index < -0.39 is 0 Å². The highest BCUT2D eigenvalue weighted by molar-refractivity contribution is 5.92. The first-order valence-corrected chi connectivity index (χ1v) is 8.59. The number of hydrogen-bond donors (Lipinski definition) is 0. The average Bonchev–Trinajstić information content (AvgIpc) is 3.28. The van der Waals surface area contributed by atoms with E-state index in [0.717, 1.165) is 5.56 Å². The van der Waals surface area contributed by atoms with Gasteiger partial charge in [0.2, 0.25) is 5.91 Å². The number of benzene rings is 1. The Labute approximate surface area is 146 Å². The van der Waals surface area contributed by atoms with Crippen LogP contribution in [0.1, 0.15) is 34.8 Å². The largest absolute Gasteiger partial charge is 0.361 e. The lowest BCUT2D eigenvalue weighted by Gasteiger charge is -2.29. The van der Waals surface area contributed by atoms with E-state index in [9.17, 15) is 9.59 Å². The highest BCUT2D eigenvalue weighted by Gasteiger charge is 2.49. The van der Waals surface area contributed by atoms with E-state index in [1.54, 1.807) is 19.9 Å². The monoisotopic (exact) mass is 339 g/mol. The fraction of sp³-hybridized carbons (Fsp3) is 0.421. The van der Waals surface area contributed by atoms with Gasteiger partial charge in [0.15, 0.2) is 5.69 Å². The number of aromatic nitrogens is 1. The van der Waals surface area contributed by atoms with Crippen LogP contribution in [-0.4, -0.2) is 46.4 Å². The number of nitrogens with zero attached hydrogens (tertiary/aromatic N) is 3. The molecule has 0 saturated carbocycles. The minimum Gasteiger partial charge on any atom is -0.361 e. The van der Waals surface area contributed by atoms with Gasteiger partial charge in [-0.25, -0.2) is 0 Å². The number of likely N-dealkylation sites (tertiary alicyclic amines) is 2. The van der Waals surface area contributed by atoms with E-state index in [0.29, 0.717) is 37.0 Å². The first kappa shape index (κ1) is 15.9. The third kappa shape index (κ3) is 2.71. The molecule has 4 rings (SSSR count). The molecule has 2 aliphatic rings. The van der Waals surface area contributed by atoms with Crippen LogP contribution in [0.25, 0.3) is 0 Å². The summed E-state index contributed by atoms with van der Waals surface area (Å²) in [5.41, 5.74) is 1.49. The van der Waals surface area contributed by atoms with Crippen molar-refractivity contribution < 1.29 is 14.1 Å². The van der Waals surface area contributed by atoms with Crippen molar-refractivity contribution in [3.8, 4) is 0 Å². The van der Waals surface area contributed by atoms with Crippen LogP contribution in [0.5, 0.6) is 0 Å². The minimum absolute atomic E-state index is 0.0283. The summed E-state index contributed by atoms with van der Waals surface area (Å²) in [4.78, 5) is 28.6. The zero-order valence-corrected chi connectivity index (χ0v) is 14.4. The third-order valence-corrected chi connectivity index (χ3v) is 5.34. The predicted octanol–water partition coefficient (Wildman–Crippen LogP) is 2.27. The summed E-state index contributed by atoms with van der Waals surface area (Å²) in [5.74, 6) is 1.18. The molecule has 0 unspecified atom stereocenters. The molecule has 6 nitrogen and oxygen atoms in total. The van der Waals surface area contributed by atoms with E-state index in [-0.39, 0.29) is 23.8 Å². The number of aryl methyl sites for hydroxylation is 1. The molecule has 2 aromatic rings. The standard InChI is InChI=1S/C19H21N3O3/c1-12-8-17(20-25-12)19(24)21-9-15-10-22(13(2)23)18(16(15)11-21)14-6-4-3-5-7-14/h3-8,15-16,18H,9-11H2,1-2H3/t15-,16-,18+/m1/s1. The van der Waals surface area contributed by atoms with Gasteiger partial charge in [0.1, 0.15) is 5.76 Å². The molecule has 2 amide bonds. The average molecular weight is 339 g/mol.